The highest BCUT2D eigenvalue weighted by Crippen LogP contribution is 2.21. The van der Waals surface area contributed by atoms with E-state index in [9.17, 15) is 18.0 Å². The summed E-state index contributed by atoms with van der Waals surface area (Å²) < 4.78 is 28.0. The molecule has 1 aromatic carbocycles. The fraction of sp³-hybridized carbons (Fsp3) is 0.579. The summed E-state index contributed by atoms with van der Waals surface area (Å²) >= 11 is 0. The number of ether oxygens (including phenoxy) is 1. The summed E-state index contributed by atoms with van der Waals surface area (Å²) in [5.41, 5.74) is 0.903. The number of piperidine rings is 1. The van der Waals surface area contributed by atoms with E-state index in [0.29, 0.717) is 17.7 Å². The van der Waals surface area contributed by atoms with Gasteiger partial charge in [-0.3, -0.25) is 4.79 Å². The summed E-state index contributed by atoms with van der Waals surface area (Å²) in [6, 6.07) is 6.43. The molecule has 1 saturated heterocycles. The number of rotatable bonds is 6. The van der Waals surface area contributed by atoms with Crippen molar-refractivity contribution in [1.29, 1.82) is 0 Å². The minimum atomic E-state index is -3.13. The van der Waals surface area contributed by atoms with Gasteiger partial charge in [0.25, 0.3) is 5.91 Å². The zero-order valence-corrected chi connectivity index (χ0v) is 16.4. The maximum absolute atomic E-state index is 12.6. The van der Waals surface area contributed by atoms with Crippen molar-refractivity contribution < 1.29 is 22.7 Å². The van der Waals surface area contributed by atoms with Crippen molar-refractivity contribution in [2.75, 3.05) is 12.8 Å². The van der Waals surface area contributed by atoms with E-state index < -0.39 is 21.9 Å². The van der Waals surface area contributed by atoms with Gasteiger partial charge in [0.15, 0.2) is 15.9 Å². The van der Waals surface area contributed by atoms with Gasteiger partial charge < -0.3 is 9.64 Å². The SMILES string of the molecule is CCC1CCCCN1C(=O)C(C)OC(=O)c1ccc(CS(C)(=O)=O)cc1. The van der Waals surface area contributed by atoms with Gasteiger partial charge in [0, 0.05) is 18.8 Å². The van der Waals surface area contributed by atoms with Crippen LogP contribution in [0.4, 0.5) is 0 Å². The number of carbonyl (C=O) groups is 2. The highest BCUT2D eigenvalue weighted by atomic mass is 32.2. The molecule has 1 aliphatic rings. The van der Waals surface area contributed by atoms with Crippen LogP contribution in [0.15, 0.2) is 24.3 Å². The molecule has 0 saturated carbocycles. The molecular formula is C19H27NO5S. The minimum absolute atomic E-state index is 0.0788. The second-order valence-corrected chi connectivity index (χ2v) is 9.04. The summed E-state index contributed by atoms with van der Waals surface area (Å²) in [7, 11) is -3.13. The number of hydrogen-bond donors (Lipinski definition) is 0. The lowest BCUT2D eigenvalue weighted by molar-refractivity contribution is -0.143. The number of amides is 1. The topological polar surface area (TPSA) is 80.8 Å². The highest BCUT2D eigenvalue weighted by Gasteiger charge is 2.30. The first kappa shape index (κ1) is 20.4. The van der Waals surface area contributed by atoms with Crippen LogP contribution in [0.2, 0.25) is 0 Å². The van der Waals surface area contributed by atoms with Crippen molar-refractivity contribution in [2.45, 2.75) is 57.4 Å². The quantitative estimate of drug-likeness (QED) is 0.708. The van der Waals surface area contributed by atoms with Gasteiger partial charge >= 0.3 is 5.97 Å². The summed E-state index contributed by atoms with van der Waals surface area (Å²) in [5, 5.41) is 0. The third-order valence-corrected chi connectivity index (χ3v) is 5.49. The van der Waals surface area contributed by atoms with Crippen molar-refractivity contribution in [2.24, 2.45) is 0 Å². The second-order valence-electron chi connectivity index (χ2n) is 6.90. The largest absolute Gasteiger partial charge is 0.449 e. The summed E-state index contributed by atoms with van der Waals surface area (Å²) in [6.45, 7) is 4.37. The first-order valence-corrected chi connectivity index (χ1v) is 11.1. The van der Waals surface area contributed by atoms with Crippen LogP contribution in [-0.2, 0) is 25.1 Å². The Kier molecular flexibility index (Phi) is 6.81. The van der Waals surface area contributed by atoms with Gasteiger partial charge in [-0.15, -0.1) is 0 Å². The number of hydrogen-bond acceptors (Lipinski definition) is 5. The first-order valence-electron chi connectivity index (χ1n) is 8.99. The molecule has 2 unspecified atom stereocenters. The summed E-state index contributed by atoms with van der Waals surface area (Å²) in [5.74, 6) is -0.815. The predicted octanol–water partition coefficient (Wildman–Crippen LogP) is 2.57. The van der Waals surface area contributed by atoms with Crippen LogP contribution in [0.3, 0.4) is 0 Å². The lowest BCUT2D eigenvalue weighted by atomic mass is 9.99. The predicted molar refractivity (Wildman–Crippen MR) is 99.5 cm³/mol. The molecule has 1 heterocycles. The standard InChI is InChI=1S/C19H27NO5S/c1-4-17-7-5-6-12-20(17)18(21)14(2)25-19(22)16-10-8-15(9-11-16)13-26(3,23)24/h8-11,14,17H,4-7,12-13H2,1-3H3. The van der Waals surface area contributed by atoms with Crippen LogP contribution >= 0.6 is 0 Å². The Morgan fingerprint density at radius 2 is 1.88 bits per heavy atom. The third kappa shape index (κ3) is 5.56. The van der Waals surface area contributed by atoms with Crippen molar-refractivity contribution in [1.82, 2.24) is 4.90 Å². The van der Waals surface area contributed by atoms with Crippen molar-refractivity contribution >= 4 is 21.7 Å². The van der Waals surface area contributed by atoms with E-state index in [1.54, 1.807) is 19.1 Å². The number of carbonyl (C=O) groups excluding carboxylic acids is 2. The number of benzene rings is 1. The van der Waals surface area contributed by atoms with Crippen molar-refractivity contribution in [3.8, 4) is 0 Å². The Balaban J connectivity index is 1.98. The van der Waals surface area contributed by atoms with Gasteiger partial charge in [0.2, 0.25) is 0 Å². The second kappa shape index (κ2) is 8.66. The maximum Gasteiger partial charge on any atom is 0.338 e. The Morgan fingerprint density at radius 3 is 2.46 bits per heavy atom. The van der Waals surface area contributed by atoms with Crippen LogP contribution in [0.1, 0.15) is 55.5 Å². The molecule has 0 aromatic heterocycles. The van der Waals surface area contributed by atoms with E-state index in [4.69, 9.17) is 4.74 Å². The van der Waals surface area contributed by atoms with E-state index in [0.717, 1.165) is 31.9 Å². The molecule has 1 aliphatic heterocycles. The zero-order chi connectivity index (χ0) is 19.3. The van der Waals surface area contributed by atoms with Crippen LogP contribution in [-0.4, -0.2) is 50.1 Å². The zero-order valence-electron chi connectivity index (χ0n) is 15.6. The monoisotopic (exact) mass is 381 g/mol. The normalized spacial score (nSPS) is 19.0. The Labute approximate surface area is 155 Å². The van der Waals surface area contributed by atoms with Gasteiger partial charge in [-0.05, 0) is 50.3 Å². The van der Waals surface area contributed by atoms with E-state index in [1.807, 2.05) is 4.90 Å². The average molecular weight is 381 g/mol. The first-order chi connectivity index (χ1) is 12.2. The number of esters is 1. The molecule has 1 fully saturated rings. The average Bonchev–Trinajstić information content (AvgIpc) is 2.60. The molecule has 2 atom stereocenters. The van der Waals surface area contributed by atoms with Gasteiger partial charge in [0.1, 0.15) is 0 Å². The fourth-order valence-electron chi connectivity index (χ4n) is 3.27. The smallest absolute Gasteiger partial charge is 0.338 e. The molecule has 0 spiro atoms. The summed E-state index contributed by atoms with van der Waals surface area (Å²) in [4.78, 5) is 26.7. The Bertz CT molecular complexity index is 742. The molecule has 144 valence electrons. The Hall–Kier alpha value is -1.89. The molecule has 26 heavy (non-hydrogen) atoms. The molecule has 7 heteroatoms. The summed E-state index contributed by atoms with van der Waals surface area (Å²) in [6.07, 6.45) is 4.30. The molecule has 1 aromatic rings. The Morgan fingerprint density at radius 1 is 1.23 bits per heavy atom. The maximum atomic E-state index is 12.6. The van der Waals surface area contributed by atoms with Gasteiger partial charge in [0.05, 0.1) is 11.3 Å². The number of sulfone groups is 1. The molecule has 0 radical (unpaired) electrons. The van der Waals surface area contributed by atoms with E-state index >= 15 is 0 Å². The lowest BCUT2D eigenvalue weighted by Crippen LogP contribution is -2.48. The molecule has 0 bridgehead atoms. The third-order valence-electron chi connectivity index (χ3n) is 4.63. The van der Waals surface area contributed by atoms with Crippen molar-refractivity contribution in [3.63, 3.8) is 0 Å². The van der Waals surface area contributed by atoms with Crippen LogP contribution in [0.25, 0.3) is 0 Å². The number of nitrogens with zero attached hydrogens (tertiary/aromatic N) is 1. The number of likely N-dealkylation sites (tertiary alicyclic amines) is 1. The molecule has 6 nitrogen and oxygen atoms in total. The molecular weight excluding hydrogens is 354 g/mol. The molecule has 0 aliphatic carbocycles. The van der Waals surface area contributed by atoms with E-state index in [2.05, 4.69) is 6.92 Å². The minimum Gasteiger partial charge on any atom is -0.449 e. The molecule has 1 amide bonds. The van der Waals surface area contributed by atoms with Crippen LogP contribution < -0.4 is 0 Å². The lowest BCUT2D eigenvalue weighted by Gasteiger charge is -2.36. The van der Waals surface area contributed by atoms with E-state index in [-0.39, 0.29) is 17.7 Å². The van der Waals surface area contributed by atoms with Gasteiger partial charge in [-0.2, -0.15) is 0 Å². The van der Waals surface area contributed by atoms with Crippen LogP contribution in [0.5, 0.6) is 0 Å². The molecule has 0 N–H and O–H groups in total. The molecule has 2 rings (SSSR count). The van der Waals surface area contributed by atoms with Crippen molar-refractivity contribution in [3.05, 3.63) is 35.4 Å². The van der Waals surface area contributed by atoms with Gasteiger partial charge in [-0.25, -0.2) is 13.2 Å². The fourth-order valence-corrected chi connectivity index (χ4v) is 4.07. The van der Waals surface area contributed by atoms with Gasteiger partial charge in [-0.1, -0.05) is 19.1 Å². The highest BCUT2D eigenvalue weighted by molar-refractivity contribution is 7.89. The van der Waals surface area contributed by atoms with E-state index in [1.165, 1.54) is 12.1 Å². The van der Waals surface area contributed by atoms with Crippen LogP contribution in [0, 0.1) is 0 Å².